The number of nitrogens with zero attached hydrogens (tertiary/aromatic N) is 1. The molecular formula is C14H12BrClN2O2. The van der Waals surface area contributed by atoms with E-state index in [9.17, 15) is 0 Å². The van der Waals surface area contributed by atoms with Crippen LogP contribution in [0, 0.1) is 0 Å². The second-order valence-electron chi connectivity index (χ2n) is 4.05. The molecule has 0 unspecified atom stereocenters. The van der Waals surface area contributed by atoms with Gasteiger partial charge in [0.25, 0.3) is 0 Å². The molecule has 0 atom stereocenters. The standard InChI is InChI=1S/C14H12BrClN2O2/c15-11-3-1-2-9(6-11)8-20-13-5-4-10(7-12(13)16)14(17)18-19/h1-7,19H,8H2,(H2,17,18). The van der Waals surface area contributed by atoms with Crippen LogP contribution in [-0.2, 0) is 6.61 Å². The van der Waals surface area contributed by atoms with Crippen molar-refractivity contribution in [1.82, 2.24) is 0 Å². The largest absolute Gasteiger partial charge is 0.487 e. The van der Waals surface area contributed by atoms with Crippen LogP contribution in [0.3, 0.4) is 0 Å². The maximum atomic E-state index is 8.61. The lowest BCUT2D eigenvalue weighted by atomic mass is 10.2. The van der Waals surface area contributed by atoms with Crippen molar-refractivity contribution in [3.05, 3.63) is 63.1 Å². The molecule has 0 saturated heterocycles. The van der Waals surface area contributed by atoms with Gasteiger partial charge < -0.3 is 15.7 Å². The minimum atomic E-state index is 0.00504. The van der Waals surface area contributed by atoms with Gasteiger partial charge in [-0.1, -0.05) is 44.8 Å². The Morgan fingerprint density at radius 1 is 1.30 bits per heavy atom. The Hall–Kier alpha value is -1.72. The third kappa shape index (κ3) is 3.65. The van der Waals surface area contributed by atoms with Crippen LogP contribution in [0.1, 0.15) is 11.1 Å². The predicted molar refractivity (Wildman–Crippen MR) is 82.4 cm³/mol. The van der Waals surface area contributed by atoms with E-state index in [4.69, 9.17) is 27.3 Å². The highest BCUT2D eigenvalue weighted by Gasteiger charge is 2.06. The van der Waals surface area contributed by atoms with Gasteiger partial charge in [-0.2, -0.15) is 0 Å². The molecule has 20 heavy (non-hydrogen) atoms. The first-order valence-electron chi connectivity index (χ1n) is 5.75. The maximum absolute atomic E-state index is 8.61. The number of benzene rings is 2. The van der Waals surface area contributed by atoms with Crippen molar-refractivity contribution >= 4 is 33.4 Å². The van der Waals surface area contributed by atoms with Crippen molar-refractivity contribution in [2.24, 2.45) is 10.9 Å². The molecule has 0 radical (unpaired) electrons. The molecule has 2 rings (SSSR count). The Bertz CT molecular complexity index is 647. The summed E-state index contributed by atoms with van der Waals surface area (Å²) >= 11 is 9.51. The number of ether oxygens (including phenoxy) is 1. The average molecular weight is 356 g/mol. The topological polar surface area (TPSA) is 67.8 Å². The van der Waals surface area contributed by atoms with E-state index in [-0.39, 0.29) is 5.84 Å². The number of hydrogen-bond donors (Lipinski definition) is 2. The molecule has 2 aromatic rings. The predicted octanol–water partition coefficient (Wildman–Crippen LogP) is 3.78. The highest BCUT2D eigenvalue weighted by Crippen LogP contribution is 2.26. The fourth-order valence-corrected chi connectivity index (χ4v) is 2.30. The van der Waals surface area contributed by atoms with E-state index in [2.05, 4.69) is 21.1 Å². The zero-order valence-corrected chi connectivity index (χ0v) is 12.7. The average Bonchev–Trinajstić information content (AvgIpc) is 2.45. The van der Waals surface area contributed by atoms with Crippen LogP contribution in [-0.4, -0.2) is 11.0 Å². The molecule has 0 heterocycles. The molecule has 0 spiro atoms. The summed E-state index contributed by atoms with van der Waals surface area (Å²) in [6, 6.07) is 12.8. The number of nitrogens with two attached hydrogens (primary N) is 1. The van der Waals surface area contributed by atoms with Crippen molar-refractivity contribution in [1.29, 1.82) is 0 Å². The monoisotopic (exact) mass is 354 g/mol. The third-order valence-corrected chi connectivity index (χ3v) is 3.41. The van der Waals surface area contributed by atoms with E-state index >= 15 is 0 Å². The first-order valence-corrected chi connectivity index (χ1v) is 6.92. The number of amidine groups is 1. The van der Waals surface area contributed by atoms with Crippen LogP contribution in [0.2, 0.25) is 5.02 Å². The fraction of sp³-hybridized carbons (Fsp3) is 0.0714. The molecule has 0 bridgehead atoms. The molecular weight excluding hydrogens is 344 g/mol. The summed E-state index contributed by atoms with van der Waals surface area (Å²) in [6.45, 7) is 0.405. The lowest BCUT2D eigenvalue weighted by molar-refractivity contribution is 0.306. The summed E-state index contributed by atoms with van der Waals surface area (Å²) in [4.78, 5) is 0. The number of halogens is 2. The molecule has 0 fully saturated rings. The van der Waals surface area contributed by atoms with Gasteiger partial charge in [0, 0.05) is 10.0 Å². The first-order chi connectivity index (χ1) is 9.60. The van der Waals surface area contributed by atoms with Crippen LogP contribution in [0.15, 0.2) is 52.1 Å². The summed E-state index contributed by atoms with van der Waals surface area (Å²) in [5.74, 6) is 0.548. The normalized spacial score (nSPS) is 11.4. The maximum Gasteiger partial charge on any atom is 0.170 e. The van der Waals surface area contributed by atoms with Gasteiger partial charge in [-0.05, 0) is 35.9 Å². The summed E-state index contributed by atoms with van der Waals surface area (Å²) in [5, 5.41) is 11.9. The summed E-state index contributed by atoms with van der Waals surface area (Å²) in [6.07, 6.45) is 0. The second kappa shape index (κ2) is 6.63. The molecule has 4 nitrogen and oxygen atoms in total. The Balaban J connectivity index is 2.11. The lowest BCUT2D eigenvalue weighted by Gasteiger charge is -2.09. The van der Waals surface area contributed by atoms with Gasteiger partial charge in [-0.25, -0.2) is 0 Å². The van der Waals surface area contributed by atoms with Crippen molar-refractivity contribution in [3.63, 3.8) is 0 Å². The van der Waals surface area contributed by atoms with Gasteiger partial charge in [-0.15, -0.1) is 0 Å². The highest BCUT2D eigenvalue weighted by atomic mass is 79.9. The Morgan fingerprint density at radius 2 is 2.10 bits per heavy atom. The Morgan fingerprint density at radius 3 is 2.75 bits per heavy atom. The van der Waals surface area contributed by atoms with Crippen LogP contribution in [0.5, 0.6) is 5.75 Å². The SMILES string of the molecule is NC(=NO)c1ccc(OCc2cccc(Br)c2)c(Cl)c1. The molecule has 6 heteroatoms. The van der Waals surface area contributed by atoms with Crippen molar-refractivity contribution in [2.45, 2.75) is 6.61 Å². The summed E-state index contributed by atoms with van der Waals surface area (Å²) < 4.78 is 6.64. The minimum absolute atomic E-state index is 0.00504. The highest BCUT2D eigenvalue weighted by molar-refractivity contribution is 9.10. The van der Waals surface area contributed by atoms with Crippen LogP contribution in [0.25, 0.3) is 0 Å². The van der Waals surface area contributed by atoms with E-state index in [1.54, 1.807) is 18.2 Å². The van der Waals surface area contributed by atoms with Gasteiger partial charge in [0.05, 0.1) is 5.02 Å². The summed E-state index contributed by atoms with van der Waals surface area (Å²) in [7, 11) is 0. The molecule has 104 valence electrons. The Kier molecular flexibility index (Phi) is 4.87. The van der Waals surface area contributed by atoms with E-state index in [1.165, 1.54) is 0 Å². The fourth-order valence-electron chi connectivity index (χ4n) is 1.62. The van der Waals surface area contributed by atoms with E-state index in [0.717, 1.165) is 10.0 Å². The minimum Gasteiger partial charge on any atom is -0.487 e. The smallest absolute Gasteiger partial charge is 0.170 e. The number of rotatable bonds is 4. The van der Waals surface area contributed by atoms with Gasteiger partial charge in [0.1, 0.15) is 12.4 Å². The zero-order chi connectivity index (χ0) is 14.5. The van der Waals surface area contributed by atoms with Crippen molar-refractivity contribution in [2.75, 3.05) is 0 Å². The quantitative estimate of drug-likeness (QED) is 0.379. The molecule has 0 aromatic heterocycles. The Labute approximate surface area is 129 Å². The molecule has 2 aromatic carbocycles. The van der Waals surface area contributed by atoms with E-state index < -0.39 is 0 Å². The summed E-state index contributed by atoms with van der Waals surface area (Å²) in [5.41, 5.74) is 7.05. The van der Waals surface area contributed by atoms with Gasteiger partial charge in [0.15, 0.2) is 5.84 Å². The van der Waals surface area contributed by atoms with E-state index in [0.29, 0.717) is 22.9 Å². The van der Waals surface area contributed by atoms with E-state index in [1.807, 2.05) is 24.3 Å². The first kappa shape index (κ1) is 14.7. The third-order valence-electron chi connectivity index (χ3n) is 2.62. The van der Waals surface area contributed by atoms with Crippen molar-refractivity contribution < 1.29 is 9.94 Å². The van der Waals surface area contributed by atoms with Crippen LogP contribution in [0.4, 0.5) is 0 Å². The second-order valence-corrected chi connectivity index (χ2v) is 5.37. The van der Waals surface area contributed by atoms with Crippen LogP contribution >= 0.6 is 27.5 Å². The lowest BCUT2D eigenvalue weighted by Crippen LogP contribution is -2.12. The molecule has 0 amide bonds. The number of oxime groups is 1. The molecule has 0 aliphatic heterocycles. The molecule has 3 N–H and O–H groups in total. The van der Waals surface area contributed by atoms with Crippen molar-refractivity contribution in [3.8, 4) is 5.75 Å². The molecule has 0 aliphatic carbocycles. The van der Waals surface area contributed by atoms with Crippen LogP contribution < -0.4 is 10.5 Å². The van der Waals surface area contributed by atoms with Gasteiger partial charge in [-0.3, -0.25) is 0 Å². The zero-order valence-electron chi connectivity index (χ0n) is 10.4. The molecule has 0 aliphatic rings. The van der Waals surface area contributed by atoms with Gasteiger partial charge >= 0.3 is 0 Å². The molecule has 0 saturated carbocycles. The van der Waals surface area contributed by atoms with Gasteiger partial charge in [0.2, 0.25) is 0 Å². The number of hydrogen-bond acceptors (Lipinski definition) is 3.